The normalized spacial score (nSPS) is 26.1. The third-order valence-corrected chi connectivity index (χ3v) is 5.38. The first kappa shape index (κ1) is 13.9. The molecule has 1 aliphatic heterocycles. The molecule has 0 aromatic carbocycles. The minimum Gasteiger partial charge on any atom is -0.330 e. The Kier molecular flexibility index (Phi) is 5.21. The fourth-order valence-electron chi connectivity index (χ4n) is 2.18. The number of nitrogens with zero attached hydrogens (tertiary/aromatic N) is 1. The van der Waals surface area contributed by atoms with Crippen molar-refractivity contribution in [2.45, 2.75) is 32.2 Å². The van der Waals surface area contributed by atoms with E-state index in [-0.39, 0.29) is 6.04 Å². The molecule has 1 saturated heterocycles. The van der Waals surface area contributed by atoms with Gasteiger partial charge in [0.05, 0.1) is 11.5 Å². The zero-order chi connectivity index (χ0) is 12.2. The summed E-state index contributed by atoms with van der Waals surface area (Å²) in [5.74, 6) is 1.26. The van der Waals surface area contributed by atoms with Crippen molar-refractivity contribution in [2.75, 3.05) is 31.6 Å². The Balaban J connectivity index is 2.33. The van der Waals surface area contributed by atoms with Crippen LogP contribution in [0.2, 0.25) is 0 Å². The number of hydrogen-bond acceptors (Lipinski definition) is 4. The van der Waals surface area contributed by atoms with Gasteiger partial charge in [-0.05, 0) is 38.9 Å². The Morgan fingerprint density at radius 1 is 1.50 bits per heavy atom. The molecule has 1 aliphatic rings. The van der Waals surface area contributed by atoms with Gasteiger partial charge in [0.2, 0.25) is 0 Å². The van der Waals surface area contributed by atoms with Gasteiger partial charge in [0, 0.05) is 6.04 Å². The van der Waals surface area contributed by atoms with Crippen LogP contribution in [0.25, 0.3) is 0 Å². The molecule has 0 bridgehead atoms. The topological polar surface area (TPSA) is 63.4 Å². The van der Waals surface area contributed by atoms with Crippen molar-refractivity contribution in [1.82, 2.24) is 4.90 Å². The lowest BCUT2D eigenvalue weighted by atomic mass is 10.0. The average molecular weight is 248 g/mol. The molecule has 4 nitrogen and oxygen atoms in total. The molecule has 0 radical (unpaired) electrons. The summed E-state index contributed by atoms with van der Waals surface area (Å²) in [4.78, 5) is 2.18. The lowest BCUT2D eigenvalue weighted by molar-refractivity contribution is 0.240. The van der Waals surface area contributed by atoms with Crippen molar-refractivity contribution < 1.29 is 8.42 Å². The van der Waals surface area contributed by atoms with Gasteiger partial charge in [-0.25, -0.2) is 8.42 Å². The summed E-state index contributed by atoms with van der Waals surface area (Å²) in [7, 11) is -0.734. The largest absolute Gasteiger partial charge is 0.330 e. The summed E-state index contributed by atoms with van der Waals surface area (Å²) < 4.78 is 22.7. The highest BCUT2D eigenvalue weighted by Gasteiger charge is 2.30. The third kappa shape index (κ3) is 4.03. The molecule has 0 amide bonds. The molecule has 2 N–H and O–H groups in total. The summed E-state index contributed by atoms with van der Waals surface area (Å²) in [6, 6.07) is 0.222. The van der Waals surface area contributed by atoms with Crippen molar-refractivity contribution in [3.05, 3.63) is 0 Å². The van der Waals surface area contributed by atoms with E-state index in [1.165, 1.54) is 0 Å². The number of sulfone groups is 1. The van der Waals surface area contributed by atoms with Gasteiger partial charge in [-0.2, -0.15) is 0 Å². The minimum atomic E-state index is -2.76. The van der Waals surface area contributed by atoms with Crippen LogP contribution < -0.4 is 5.73 Å². The van der Waals surface area contributed by atoms with Crippen molar-refractivity contribution in [2.24, 2.45) is 11.7 Å². The first-order valence-corrected chi connectivity index (χ1v) is 7.91. The molecule has 2 unspecified atom stereocenters. The van der Waals surface area contributed by atoms with Gasteiger partial charge < -0.3 is 10.6 Å². The Hall–Kier alpha value is -0.130. The molecule has 2 atom stereocenters. The van der Waals surface area contributed by atoms with Crippen LogP contribution in [0.3, 0.4) is 0 Å². The van der Waals surface area contributed by atoms with Crippen LogP contribution in [0.1, 0.15) is 26.2 Å². The van der Waals surface area contributed by atoms with Crippen LogP contribution in [-0.4, -0.2) is 51.0 Å². The van der Waals surface area contributed by atoms with Gasteiger partial charge in [-0.1, -0.05) is 13.3 Å². The molecule has 1 heterocycles. The van der Waals surface area contributed by atoms with Gasteiger partial charge in [0.25, 0.3) is 0 Å². The molecule has 5 heteroatoms. The lowest BCUT2D eigenvalue weighted by Crippen LogP contribution is -2.34. The van der Waals surface area contributed by atoms with Crippen LogP contribution >= 0.6 is 0 Å². The molecule has 0 aromatic rings. The van der Waals surface area contributed by atoms with Crippen molar-refractivity contribution in [3.8, 4) is 0 Å². The zero-order valence-electron chi connectivity index (χ0n) is 10.4. The highest BCUT2D eigenvalue weighted by atomic mass is 32.2. The van der Waals surface area contributed by atoms with E-state index in [0.29, 0.717) is 17.4 Å². The first-order valence-electron chi connectivity index (χ1n) is 6.09. The van der Waals surface area contributed by atoms with Crippen LogP contribution in [-0.2, 0) is 9.84 Å². The molecule has 1 fully saturated rings. The molecule has 16 heavy (non-hydrogen) atoms. The second-order valence-electron chi connectivity index (χ2n) is 4.84. The van der Waals surface area contributed by atoms with Crippen LogP contribution in [0.5, 0.6) is 0 Å². The Labute approximate surface area is 99.1 Å². The predicted octanol–water partition coefficient (Wildman–Crippen LogP) is 0.480. The zero-order valence-corrected chi connectivity index (χ0v) is 11.2. The summed E-state index contributed by atoms with van der Waals surface area (Å²) in [5.41, 5.74) is 5.65. The summed E-state index contributed by atoms with van der Waals surface area (Å²) in [5, 5.41) is 0. The van der Waals surface area contributed by atoms with Crippen molar-refractivity contribution in [3.63, 3.8) is 0 Å². The summed E-state index contributed by atoms with van der Waals surface area (Å²) in [6.45, 7) is 3.83. The first-order chi connectivity index (χ1) is 7.48. The number of rotatable bonds is 6. The Bertz CT molecular complexity index is 299. The van der Waals surface area contributed by atoms with Crippen LogP contribution in [0, 0.1) is 5.92 Å². The predicted molar refractivity (Wildman–Crippen MR) is 67.1 cm³/mol. The molecule has 1 rings (SSSR count). The molecular formula is C11H24N2O2S. The van der Waals surface area contributed by atoms with Crippen LogP contribution in [0.15, 0.2) is 0 Å². The van der Waals surface area contributed by atoms with Crippen molar-refractivity contribution in [1.29, 1.82) is 0 Å². The fraction of sp³-hybridized carbons (Fsp3) is 1.00. The standard InChI is InChI=1S/C11H24N2O2S/c1-3-10(8-12)4-6-13(2)11-5-7-16(14,15)9-11/h10-11H,3-9,12H2,1-2H3. The van der Waals surface area contributed by atoms with Crippen molar-refractivity contribution >= 4 is 9.84 Å². The van der Waals surface area contributed by atoms with Gasteiger partial charge in [0.1, 0.15) is 0 Å². The molecule has 96 valence electrons. The maximum Gasteiger partial charge on any atom is 0.151 e. The monoisotopic (exact) mass is 248 g/mol. The molecule has 0 spiro atoms. The van der Waals surface area contributed by atoms with E-state index in [0.717, 1.165) is 32.4 Å². The van der Waals surface area contributed by atoms with Gasteiger partial charge in [0.15, 0.2) is 9.84 Å². The fourth-order valence-corrected chi connectivity index (χ4v) is 3.99. The quantitative estimate of drug-likeness (QED) is 0.742. The maximum absolute atomic E-state index is 11.3. The van der Waals surface area contributed by atoms with E-state index in [2.05, 4.69) is 11.8 Å². The smallest absolute Gasteiger partial charge is 0.151 e. The van der Waals surface area contributed by atoms with Crippen LogP contribution in [0.4, 0.5) is 0 Å². The highest BCUT2D eigenvalue weighted by Crippen LogP contribution is 2.17. The minimum absolute atomic E-state index is 0.222. The molecule has 0 saturated carbocycles. The number of nitrogens with two attached hydrogens (primary N) is 1. The SMILES string of the molecule is CCC(CN)CCN(C)C1CCS(=O)(=O)C1. The van der Waals surface area contributed by atoms with E-state index < -0.39 is 9.84 Å². The highest BCUT2D eigenvalue weighted by molar-refractivity contribution is 7.91. The second kappa shape index (κ2) is 5.98. The molecular weight excluding hydrogens is 224 g/mol. The summed E-state index contributed by atoms with van der Waals surface area (Å²) >= 11 is 0. The van der Waals surface area contributed by atoms with E-state index in [1.54, 1.807) is 0 Å². The average Bonchev–Trinajstić information content (AvgIpc) is 2.60. The third-order valence-electron chi connectivity index (χ3n) is 3.63. The van der Waals surface area contributed by atoms with E-state index in [1.807, 2.05) is 7.05 Å². The second-order valence-corrected chi connectivity index (χ2v) is 7.06. The van der Waals surface area contributed by atoms with E-state index >= 15 is 0 Å². The van der Waals surface area contributed by atoms with E-state index in [9.17, 15) is 8.42 Å². The Morgan fingerprint density at radius 2 is 2.19 bits per heavy atom. The molecule has 0 aromatic heterocycles. The van der Waals surface area contributed by atoms with Gasteiger partial charge >= 0.3 is 0 Å². The summed E-state index contributed by atoms with van der Waals surface area (Å²) in [6.07, 6.45) is 2.96. The Morgan fingerprint density at radius 3 is 2.62 bits per heavy atom. The number of hydrogen-bond donors (Lipinski definition) is 1. The lowest BCUT2D eigenvalue weighted by Gasteiger charge is -2.24. The van der Waals surface area contributed by atoms with Gasteiger partial charge in [-0.3, -0.25) is 0 Å². The molecule has 0 aliphatic carbocycles. The maximum atomic E-state index is 11.3. The van der Waals surface area contributed by atoms with E-state index in [4.69, 9.17) is 5.73 Å². The van der Waals surface area contributed by atoms with Gasteiger partial charge in [-0.15, -0.1) is 0 Å².